The van der Waals surface area contributed by atoms with Gasteiger partial charge in [0.1, 0.15) is 0 Å². The van der Waals surface area contributed by atoms with Gasteiger partial charge in [-0.3, -0.25) is 4.79 Å². The number of rotatable bonds is 17. The van der Waals surface area contributed by atoms with Crippen molar-refractivity contribution in [1.29, 1.82) is 0 Å². The molecule has 2 atom stereocenters. The minimum atomic E-state index is -3.52. The van der Waals surface area contributed by atoms with Gasteiger partial charge in [0.2, 0.25) is 15.9 Å². The van der Waals surface area contributed by atoms with Crippen molar-refractivity contribution in [3.63, 3.8) is 0 Å². The first-order valence-electron chi connectivity index (χ1n) is 13.4. The molecule has 8 heteroatoms. The molecule has 0 aliphatic heterocycles. The van der Waals surface area contributed by atoms with Gasteiger partial charge >= 0.3 is 0 Å². The molecule has 0 radical (unpaired) electrons. The Hall–Kier alpha value is -2.26. The monoisotopic (exact) mass is 531 g/mol. The maximum absolute atomic E-state index is 12.8. The SMILES string of the molecule is CCCN(CCC)S(=O)(=O)CCC(=O)N[C@@H](Cc1ccc(C(C)C)cc1)[C@H](O)CNCc1ccccc1. The Bertz CT molecular complexity index is 1020. The number of carbonyl (C=O) groups excluding carboxylic acids is 1. The van der Waals surface area contributed by atoms with Gasteiger partial charge in [-0.2, -0.15) is 0 Å². The van der Waals surface area contributed by atoms with Crippen molar-refractivity contribution in [1.82, 2.24) is 14.9 Å². The Labute approximate surface area is 223 Å². The zero-order chi connectivity index (χ0) is 27.3. The van der Waals surface area contributed by atoms with Gasteiger partial charge in [0.15, 0.2) is 0 Å². The van der Waals surface area contributed by atoms with Crippen LogP contribution in [0.25, 0.3) is 0 Å². The lowest BCUT2D eigenvalue weighted by atomic mass is 9.97. The molecule has 0 aliphatic rings. The fourth-order valence-corrected chi connectivity index (χ4v) is 5.82. The van der Waals surface area contributed by atoms with E-state index in [-0.39, 0.29) is 18.1 Å². The smallest absolute Gasteiger partial charge is 0.221 e. The molecule has 7 nitrogen and oxygen atoms in total. The number of aliphatic hydroxyl groups is 1. The maximum atomic E-state index is 12.8. The van der Waals surface area contributed by atoms with Crippen LogP contribution in [0.4, 0.5) is 0 Å². The molecule has 3 N–H and O–H groups in total. The number of hydrogen-bond acceptors (Lipinski definition) is 5. The molecule has 0 saturated carbocycles. The highest BCUT2D eigenvalue weighted by atomic mass is 32.2. The topological polar surface area (TPSA) is 98.7 Å². The number of nitrogens with one attached hydrogen (secondary N) is 2. The quantitative estimate of drug-likeness (QED) is 0.288. The first-order valence-corrected chi connectivity index (χ1v) is 15.1. The van der Waals surface area contributed by atoms with E-state index in [0.717, 1.165) is 24.0 Å². The average Bonchev–Trinajstić information content (AvgIpc) is 2.88. The van der Waals surface area contributed by atoms with Crippen LogP contribution in [0.1, 0.15) is 69.6 Å². The summed E-state index contributed by atoms with van der Waals surface area (Å²) in [6.45, 7) is 9.96. The first kappa shape index (κ1) is 31.0. The van der Waals surface area contributed by atoms with Gasteiger partial charge in [0, 0.05) is 32.6 Å². The molecule has 0 aromatic heterocycles. The number of carbonyl (C=O) groups is 1. The summed E-state index contributed by atoms with van der Waals surface area (Å²) in [5.41, 5.74) is 3.33. The van der Waals surface area contributed by atoms with E-state index in [2.05, 4.69) is 36.6 Å². The van der Waals surface area contributed by atoms with Crippen molar-refractivity contribution in [2.75, 3.05) is 25.4 Å². The van der Waals surface area contributed by atoms with Crippen LogP contribution in [-0.4, -0.2) is 61.3 Å². The Kier molecular flexibility index (Phi) is 13.3. The summed E-state index contributed by atoms with van der Waals surface area (Å²) in [6, 6.07) is 17.5. The number of aliphatic hydroxyl groups excluding tert-OH is 1. The van der Waals surface area contributed by atoms with Crippen molar-refractivity contribution < 1.29 is 18.3 Å². The lowest BCUT2D eigenvalue weighted by Crippen LogP contribution is -2.49. The molecule has 1 amide bonds. The molecule has 0 unspecified atom stereocenters. The van der Waals surface area contributed by atoms with Gasteiger partial charge in [-0.05, 0) is 41.9 Å². The van der Waals surface area contributed by atoms with Crippen LogP contribution >= 0.6 is 0 Å². The zero-order valence-electron chi connectivity index (χ0n) is 22.8. The summed E-state index contributed by atoms with van der Waals surface area (Å²) in [5.74, 6) is -0.196. The minimum Gasteiger partial charge on any atom is -0.390 e. The molecule has 0 fully saturated rings. The standard InChI is InChI=1S/C29H45N3O4S/c1-5-17-32(18-6-2)37(35,36)19-16-29(34)31-27(20-24-12-14-26(15-13-24)23(3)4)28(33)22-30-21-25-10-8-7-9-11-25/h7-15,23,27-28,30,33H,5-6,16-22H2,1-4H3,(H,31,34)/t27-,28+/m0/s1. The molecule has 0 spiro atoms. The van der Waals surface area contributed by atoms with Crippen LogP contribution < -0.4 is 10.6 Å². The normalized spacial score (nSPS) is 13.6. The maximum Gasteiger partial charge on any atom is 0.221 e. The molecule has 2 aromatic carbocycles. The highest BCUT2D eigenvalue weighted by Crippen LogP contribution is 2.16. The van der Waals surface area contributed by atoms with Gasteiger partial charge < -0.3 is 15.7 Å². The number of hydrogen-bond donors (Lipinski definition) is 3. The van der Waals surface area contributed by atoms with Gasteiger partial charge in [0.05, 0.1) is 17.9 Å². The number of benzene rings is 2. The summed E-state index contributed by atoms with van der Waals surface area (Å²) in [6.07, 6.45) is 0.921. The van der Waals surface area contributed by atoms with E-state index < -0.39 is 22.2 Å². The average molecular weight is 532 g/mol. The van der Waals surface area contributed by atoms with Gasteiger partial charge in [-0.1, -0.05) is 82.3 Å². The summed E-state index contributed by atoms with van der Waals surface area (Å²) in [4.78, 5) is 12.8. The second-order valence-corrected chi connectivity index (χ2v) is 12.0. The molecule has 206 valence electrons. The number of nitrogens with zero attached hydrogens (tertiary/aromatic N) is 1. The Morgan fingerprint density at radius 2 is 1.57 bits per heavy atom. The third-order valence-corrected chi connectivity index (χ3v) is 8.24. The van der Waals surface area contributed by atoms with E-state index in [1.165, 1.54) is 9.87 Å². The molecule has 37 heavy (non-hydrogen) atoms. The summed E-state index contributed by atoms with van der Waals surface area (Å²) in [5, 5.41) is 17.2. The number of amides is 1. The highest BCUT2D eigenvalue weighted by molar-refractivity contribution is 7.89. The van der Waals surface area contributed by atoms with E-state index in [9.17, 15) is 18.3 Å². The van der Waals surface area contributed by atoms with Crippen molar-refractivity contribution >= 4 is 15.9 Å². The Balaban J connectivity index is 2.04. The van der Waals surface area contributed by atoms with E-state index in [1.807, 2.05) is 56.3 Å². The highest BCUT2D eigenvalue weighted by Gasteiger charge is 2.25. The third kappa shape index (κ3) is 10.9. The fourth-order valence-electron chi connectivity index (χ4n) is 4.20. The lowest BCUT2D eigenvalue weighted by molar-refractivity contribution is -0.122. The Morgan fingerprint density at radius 3 is 2.14 bits per heavy atom. The van der Waals surface area contributed by atoms with Gasteiger partial charge in [-0.15, -0.1) is 0 Å². The second-order valence-electron chi connectivity index (χ2n) is 9.92. The fraction of sp³-hybridized carbons (Fsp3) is 0.552. The van der Waals surface area contributed by atoms with Crippen LogP contribution in [0.15, 0.2) is 54.6 Å². The molecule has 0 saturated heterocycles. The van der Waals surface area contributed by atoms with E-state index in [4.69, 9.17) is 0 Å². The summed E-state index contributed by atoms with van der Waals surface area (Å²) >= 11 is 0. The van der Waals surface area contributed by atoms with E-state index in [1.54, 1.807) is 0 Å². The largest absolute Gasteiger partial charge is 0.390 e. The van der Waals surface area contributed by atoms with Crippen LogP contribution in [0.2, 0.25) is 0 Å². The van der Waals surface area contributed by atoms with Crippen molar-refractivity contribution in [3.8, 4) is 0 Å². The predicted molar refractivity (Wildman–Crippen MR) is 151 cm³/mol. The first-order chi connectivity index (χ1) is 17.7. The van der Waals surface area contributed by atoms with Crippen LogP contribution in [0.5, 0.6) is 0 Å². The summed E-state index contributed by atoms with van der Waals surface area (Å²) < 4.78 is 27.0. The number of sulfonamides is 1. The van der Waals surface area contributed by atoms with E-state index in [0.29, 0.717) is 38.5 Å². The molecule has 0 heterocycles. The Morgan fingerprint density at radius 1 is 0.946 bits per heavy atom. The van der Waals surface area contributed by atoms with Crippen LogP contribution in [-0.2, 0) is 27.8 Å². The van der Waals surface area contributed by atoms with Gasteiger partial charge in [-0.25, -0.2) is 12.7 Å². The zero-order valence-corrected chi connectivity index (χ0v) is 23.6. The molecule has 0 aliphatic carbocycles. The molecular weight excluding hydrogens is 486 g/mol. The molecule has 2 aromatic rings. The van der Waals surface area contributed by atoms with Crippen molar-refractivity contribution in [2.45, 2.75) is 78.0 Å². The lowest BCUT2D eigenvalue weighted by Gasteiger charge is -2.26. The van der Waals surface area contributed by atoms with Gasteiger partial charge in [0.25, 0.3) is 0 Å². The van der Waals surface area contributed by atoms with Crippen molar-refractivity contribution in [2.24, 2.45) is 0 Å². The predicted octanol–water partition coefficient (Wildman–Crippen LogP) is 3.83. The van der Waals surface area contributed by atoms with E-state index >= 15 is 0 Å². The molecular formula is C29H45N3O4S. The second kappa shape index (κ2) is 15.9. The third-order valence-electron chi connectivity index (χ3n) is 6.36. The van der Waals surface area contributed by atoms with Crippen LogP contribution in [0, 0.1) is 0 Å². The molecule has 0 bridgehead atoms. The van der Waals surface area contributed by atoms with Crippen LogP contribution in [0.3, 0.4) is 0 Å². The summed E-state index contributed by atoms with van der Waals surface area (Å²) in [7, 11) is -3.52. The molecule has 2 rings (SSSR count). The van der Waals surface area contributed by atoms with Crippen molar-refractivity contribution in [3.05, 3.63) is 71.3 Å². The minimum absolute atomic E-state index is 0.140.